The van der Waals surface area contributed by atoms with Crippen molar-refractivity contribution in [3.05, 3.63) is 35.7 Å². The van der Waals surface area contributed by atoms with E-state index in [0.29, 0.717) is 0 Å². The van der Waals surface area contributed by atoms with Crippen molar-refractivity contribution in [2.24, 2.45) is 5.16 Å². The van der Waals surface area contributed by atoms with Gasteiger partial charge in [-0.3, -0.25) is 0 Å². The maximum Gasteiger partial charge on any atom is 0.360 e. The Kier molecular flexibility index (Phi) is 3.79. The molecule has 6 nitrogen and oxygen atoms in total. The number of fused-ring (bicyclic) bond motifs is 1. The molecular formula is C13H10FNO5. The van der Waals surface area contributed by atoms with Crippen LogP contribution in [-0.4, -0.2) is 31.9 Å². The van der Waals surface area contributed by atoms with Crippen LogP contribution in [0, 0.1) is 5.82 Å². The second kappa shape index (κ2) is 5.52. The smallest absolute Gasteiger partial charge is 0.360 e. The molecule has 1 aliphatic rings. The van der Waals surface area contributed by atoms with Gasteiger partial charge < -0.3 is 14.3 Å². The van der Waals surface area contributed by atoms with Crippen LogP contribution >= 0.6 is 0 Å². The molecule has 2 rings (SSSR count). The van der Waals surface area contributed by atoms with Crippen molar-refractivity contribution in [3.63, 3.8) is 0 Å². The summed E-state index contributed by atoms with van der Waals surface area (Å²) in [7, 11) is 2.34. The molecule has 0 radical (unpaired) electrons. The molecule has 0 bridgehead atoms. The van der Waals surface area contributed by atoms with Crippen LogP contribution in [0.1, 0.15) is 5.56 Å². The molecule has 1 aliphatic heterocycles. The van der Waals surface area contributed by atoms with Crippen molar-refractivity contribution in [2.45, 2.75) is 0 Å². The summed E-state index contributed by atoms with van der Waals surface area (Å²) in [6.07, 6.45) is 1.02. The van der Waals surface area contributed by atoms with Gasteiger partial charge in [0.2, 0.25) is 0 Å². The van der Waals surface area contributed by atoms with Crippen molar-refractivity contribution in [1.29, 1.82) is 0 Å². The molecule has 0 aromatic heterocycles. The largest absolute Gasteiger partial charge is 0.466 e. The van der Waals surface area contributed by atoms with E-state index in [2.05, 4.69) is 14.6 Å². The van der Waals surface area contributed by atoms with Crippen molar-refractivity contribution in [2.75, 3.05) is 14.2 Å². The molecule has 0 saturated heterocycles. The fourth-order valence-electron chi connectivity index (χ4n) is 1.63. The number of nitrogens with zero attached hydrogens (tertiary/aromatic N) is 1. The van der Waals surface area contributed by atoms with E-state index in [1.54, 1.807) is 0 Å². The Bertz CT molecular complexity index is 636. The topological polar surface area (TPSA) is 74.2 Å². The van der Waals surface area contributed by atoms with Gasteiger partial charge in [0.1, 0.15) is 5.82 Å². The van der Waals surface area contributed by atoms with Gasteiger partial charge in [-0.1, -0.05) is 5.16 Å². The number of oxime groups is 1. The highest BCUT2D eigenvalue weighted by Gasteiger charge is 2.28. The van der Waals surface area contributed by atoms with Crippen LogP contribution in [0.25, 0.3) is 5.57 Å². The minimum absolute atomic E-state index is 0.0736. The Labute approximate surface area is 113 Å². The number of benzene rings is 1. The first-order valence-corrected chi connectivity index (χ1v) is 5.50. The lowest BCUT2D eigenvalue weighted by Crippen LogP contribution is -2.22. The molecule has 0 atom stereocenters. The summed E-state index contributed by atoms with van der Waals surface area (Å²) in [5.74, 6) is -1.85. The standard InChI is InChI=1S/C13H10FNO5/c1-18-11(16)6-9-8-5-7(14)3-4-10(8)20-15-12(9)13(17)19-2/h3-6H,1-2H3/b9-6-. The van der Waals surface area contributed by atoms with Crippen LogP contribution in [-0.2, 0) is 19.1 Å². The number of hydrogen-bond acceptors (Lipinski definition) is 6. The molecule has 0 saturated carbocycles. The Morgan fingerprint density at radius 3 is 2.70 bits per heavy atom. The SMILES string of the molecule is COC(=O)/C=C1\C(C(=O)OC)=NOc2ccc(F)cc21. The van der Waals surface area contributed by atoms with E-state index in [4.69, 9.17) is 4.84 Å². The van der Waals surface area contributed by atoms with Gasteiger partial charge >= 0.3 is 11.9 Å². The predicted octanol–water partition coefficient (Wildman–Crippen LogP) is 1.30. The normalized spacial score (nSPS) is 14.9. The van der Waals surface area contributed by atoms with Crippen LogP contribution in [0.2, 0.25) is 0 Å². The number of esters is 2. The average molecular weight is 279 g/mol. The molecule has 0 amide bonds. The molecule has 7 heteroatoms. The van der Waals surface area contributed by atoms with Gasteiger partial charge in [-0.2, -0.15) is 0 Å². The van der Waals surface area contributed by atoms with E-state index in [1.807, 2.05) is 0 Å². The van der Waals surface area contributed by atoms with Crippen LogP contribution in [0.5, 0.6) is 5.75 Å². The van der Waals surface area contributed by atoms with Crippen molar-refractivity contribution < 1.29 is 28.3 Å². The lowest BCUT2D eigenvalue weighted by molar-refractivity contribution is -0.134. The molecular weight excluding hydrogens is 269 g/mol. The fourth-order valence-corrected chi connectivity index (χ4v) is 1.63. The number of carbonyl (C=O) groups excluding carboxylic acids is 2. The van der Waals surface area contributed by atoms with Crippen LogP contribution in [0.15, 0.2) is 29.4 Å². The molecule has 0 unspecified atom stereocenters. The quantitative estimate of drug-likeness (QED) is 0.602. The summed E-state index contributed by atoms with van der Waals surface area (Å²) >= 11 is 0. The van der Waals surface area contributed by atoms with Gasteiger partial charge in [0.05, 0.1) is 14.2 Å². The van der Waals surface area contributed by atoms with Gasteiger partial charge in [-0.05, 0) is 18.2 Å². The summed E-state index contributed by atoms with van der Waals surface area (Å²) < 4.78 is 22.4. The van der Waals surface area contributed by atoms with Crippen LogP contribution in [0.3, 0.4) is 0 Å². The highest BCUT2D eigenvalue weighted by Crippen LogP contribution is 2.32. The minimum atomic E-state index is -0.810. The summed E-state index contributed by atoms with van der Waals surface area (Å²) in [6.45, 7) is 0. The van der Waals surface area contributed by atoms with E-state index >= 15 is 0 Å². The number of rotatable bonds is 2. The van der Waals surface area contributed by atoms with E-state index in [-0.39, 0.29) is 22.6 Å². The number of halogens is 1. The molecule has 1 aromatic carbocycles. The van der Waals surface area contributed by atoms with Crippen molar-refractivity contribution >= 4 is 23.2 Å². The van der Waals surface area contributed by atoms with Gasteiger partial charge in [0, 0.05) is 17.2 Å². The second-order valence-corrected chi connectivity index (χ2v) is 3.74. The molecule has 0 N–H and O–H groups in total. The molecule has 20 heavy (non-hydrogen) atoms. The van der Waals surface area contributed by atoms with E-state index < -0.39 is 17.8 Å². The molecule has 0 spiro atoms. The Morgan fingerprint density at radius 2 is 2.05 bits per heavy atom. The first-order valence-electron chi connectivity index (χ1n) is 5.50. The zero-order valence-electron chi connectivity index (χ0n) is 10.7. The second-order valence-electron chi connectivity index (χ2n) is 3.74. The summed E-state index contributed by atoms with van der Waals surface area (Å²) in [5.41, 5.74) is 0.0475. The zero-order valence-corrected chi connectivity index (χ0v) is 10.7. The predicted molar refractivity (Wildman–Crippen MR) is 66.5 cm³/mol. The van der Waals surface area contributed by atoms with E-state index in [1.165, 1.54) is 19.2 Å². The summed E-state index contributed by atoms with van der Waals surface area (Å²) in [5, 5.41) is 3.58. The average Bonchev–Trinajstić information content (AvgIpc) is 2.46. The Morgan fingerprint density at radius 1 is 1.30 bits per heavy atom. The first-order chi connectivity index (χ1) is 9.56. The fraction of sp³-hybridized carbons (Fsp3) is 0.154. The van der Waals surface area contributed by atoms with Gasteiger partial charge in [-0.15, -0.1) is 0 Å². The van der Waals surface area contributed by atoms with E-state index in [9.17, 15) is 14.0 Å². The Balaban J connectivity index is 2.58. The Hall–Kier alpha value is -2.70. The molecule has 1 heterocycles. The van der Waals surface area contributed by atoms with Gasteiger partial charge in [0.25, 0.3) is 0 Å². The maximum atomic E-state index is 13.3. The van der Waals surface area contributed by atoms with Crippen molar-refractivity contribution in [3.8, 4) is 5.75 Å². The minimum Gasteiger partial charge on any atom is -0.466 e. The van der Waals surface area contributed by atoms with Gasteiger partial charge in [0.15, 0.2) is 11.5 Å². The highest BCUT2D eigenvalue weighted by molar-refractivity contribution is 6.55. The van der Waals surface area contributed by atoms with Crippen LogP contribution < -0.4 is 4.84 Å². The third-order valence-corrected chi connectivity index (χ3v) is 2.56. The maximum absolute atomic E-state index is 13.3. The number of carbonyl (C=O) groups is 2. The third-order valence-electron chi connectivity index (χ3n) is 2.56. The number of methoxy groups -OCH3 is 2. The van der Waals surface area contributed by atoms with Gasteiger partial charge in [-0.25, -0.2) is 14.0 Å². The molecule has 104 valence electrons. The van der Waals surface area contributed by atoms with Crippen molar-refractivity contribution in [1.82, 2.24) is 0 Å². The summed E-state index contributed by atoms with van der Waals surface area (Å²) in [4.78, 5) is 28.0. The summed E-state index contributed by atoms with van der Waals surface area (Å²) in [6, 6.07) is 3.64. The van der Waals surface area contributed by atoms with E-state index in [0.717, 1.165) is 19.3 Å². The molecule has 0 aliphatic carbocycles. The van der Waals surface area contributed by atoms with Crippen LogP contribution in [0.4, 0.5) is 4.39 Å². The number of ether oxygens (including phenoxy) is 2. The monoisotopic (exact) mass is 279 g/mol. The third kappa shape index (κ3) is 2.51. The lowest BCUT2D eigenvalue weighted by atomic mass is 9.98. The lowest BCUT2D eigenvalue weighted by Gasteiger charge is -2.17. The highest BCUT2D eigenvalue weighted by atomic mass is 19.1. The molecule has 1 aromatic rings. The number of hydrogen-bond donors (Lipinski definition) is 0. The molecule has 0 fully saturated rings. The zero-order chi connectivity index (χ0) is 14.7. The first kappa shape index (κ1) is 13.7.